The quantitative estimate of drug-likeness (QED) is 0.686. The number of aromatic nitrogens is 4. The lowest BCUT2D eigenvalue weighted by Crippen LogP contribution is -2.18. The Morgan fingerprint density at radius 1 is 1.37 bits per heavy atom. The maximum Gasteiger partial charge on any atom is 0.277 e. The molecular formula is C18H20N6O3. The predicted octanol–water partition coefficient (Wildman–Crippen LogP) is 2.25. The van der Waals surface area contributed by atoms with Gasteiger partial charge in [-0.3, -0.25) is 19.3 Å². The monoisotopic (exact) mass is 368 g/mol. The molecule has 0 aliphatic heterocycles. The van der Waals surface area contributed by atoms with Crippen LogP contribution >= 0.6 is 0 Å². The van der Waals surface area contributed by atoms with E-state index in [9.17, 15) is 9.59 Å². The van der Waals surface area contributed by atoms with Crippen LogP contribution in [0.4, 0.5) is 5.69 Å². The van der Waals surface area contributed by atoms with Crippen LogP contribution in [0.2, 0.25) is 0 Å². The van der Waals surface area contributed by atoms with Crippen molar-refractivity contribution in [2.24, 2.45) is 11.7 Å². The van der Waals surface area contributed by atoms with Crippen molar-refractivity contribution in [2.45, 2.75) is 27.3 Å². The molecule has 2 amide bonds. The van der Waals surface area contributed by atoms with Crippen LogP contribution in [0.15, 0.2) is 35.2 Å². The minimum absolute atomic E-state index is 0.00234. The highest BCUT2D eigenvalue weighted by Gasteiger charge is 2.20. The second kappa shape index (κ2) is 7.40. The average Bonchev–Trinajstić information content (AvgIpc) is 3.21. The molecule has 0 unspecified atom stereocenters. The minimum Gasteiger partial charge on any atom is -0.444 e. The summed E-state index contributed by atoms with van der Waals surface area (Å²) in [5.74, 6) is -0.629. The van der Waals surface area contributed by atoms with Gasteiger partial charge in [-0.15, -0.1) is 0 Å². The summed E-state index contributed by atoms with van der Waals surface area (Å²) in [7, 11) is 0. The van der Waals surface area contributed by atoms with E-state index in [1.807, 2.05) is 20.8 Å². The zero-order valence-corrected chi connectivity index (χ0v) is 15.3. The molecule has 9 heteroatoms. The molecule has 9 nitrogen and oxygen atoms in total. The number of aryl methyl sites for hydroxylation is 1. The van der Waals surface area contributed by atoms with Gasteiger partial charge in [0.15, 0.2) is 11.4 Å². The second-order valence-corrected chi connectivity index (χ2v) is 6.55. The maximum absolute atomic E-state index is 12.5. The number of nitrogens with one attached hydrogen (secondary N) is 1. The lowest BCUT2D eigenvalue weighted by Gasteiger charge is -2.03. The summed E-state index contributed by atoms with van der Waals surface area (Å²) in [6.07, 6.45) is 4.46. The molecule has 0 aliphatic rings. The second-order valence-electron chi connectivity index (χ2n) is 6.55. The lowest BCUT2D eigenvalue weighted by atomic mass is 10.2. The molecule has 0 aliphatic carbocycles. The lowest BCUT2D eigenvalue weighted by molar-refractivity contribution is 0.0995. The van der Waals surface area contributed by atoms with Gasteiger partial charge in [-0.1, -0.05) is 13.8 Å². The number of oxazole rings is 1. The number of rotatable bonds is 6. The molecule has 0 saturated heterocycles. The molecule has 0 saturated carbocycles. The van der Waals surface area contributed by atoms with Gasteiger partial charge in [-0.25, -0.2) is 4.98 Å². The van der Waals surface area contributed by atoms with Crippen molar-refractivity contribution in [3.63, 3.8) is 0 Å². The summed E-state index contributed by atoms with van der Waals surface area (Å²) >= 11 is 0. The summed E-state index contributed by atoms with van der Waals surface area (Å²) in [6, 6.07) is 3.54. The third-order valence-electron chi connectivity index (χ3n) is 3.68. The smallest absolute Gasteiger partial charge is 0.277 e. The molecule has 0 aromatic carbocycles. The van der Waals surface area contributed by atoms with Crippen LogP contribution in [-0.4, -0.2) is 31.6 Å². The van der Waals surface area contributed by atoms with E-state index in [2.05, 4.69) is 20.4 Å². The molecule has 0 spiro atoms. The summed E-state index contributed by atoms with van der Waals surface area (Å²) in [5, 5.41) is 6.76. The summed E-state index contributed by atoms with van der Waals surface area (Å²) in [4.78, 5) is 32.4. The van der Waals surface area contributed by atoms with E-state index in [4.69, 9.17) is 10.2 Å². The van der Waals surface area contributed by atoms with Crippen LogP contribution in [-0.2, 0) is 6.54 Å². The predicted molar refractivity (Wildman–Crippen MR) is 98.0 cm³/mol. The highest BCUT2D eigenvalue weighted by Crippen LogP contribution is 2.20. The van der Waals surface area contributed by atoms with Gasteiger partial charge in [-0.05, 0) is 25.0 Å². The van der Waals surface area contributed by atoms with E-state index in [0.717, 1.165) is 5.69 Å². The van der Waals surface area contributed by atoms with Gasteiger partial charge in [0, 0.05) is 30.2 Å². The first kappa shape index (κ1) is 18.3. The summed E-state index contributed by atoms with van der Waals surface area (Å²) in [5.41, 5.74) is 7.19. The molecule has 0 bridgehead atoms. The van der Waals surface area contributed by atoms with E-state index in [-0.39, 0.29) is 17.1 Å². The number of hydrogen-bond acceptors (Lipinski definition) is 6. The number of anilines is 1. The Hall–Kier alpha value is -3.49. The molecule has 0 atom stereocenters. The van der Waals surface area contributed by atoms with Crippen molar-refractivity contribution in [1.29, 1.82) is 0 Å². The van der Waals surface area contributed by atoms with Crippen molar-refractivity contribution < 1.29 is 14.0 Å². The van der Waals surface area contributed by atoms with Crippen molar-refractivity contribution in [2.75, 3.05) is 5.32 Å². The normalized spacial score (nSPS) is 11.0. The number of nitrogens with two attached hydrogens (primary N) is 1. The Bertz CT molecular complexity index is 989. The Kier molecular flexibility index (Phi) is 5.02. The SMILES string of the molecule is Cc1cc(-c2nc(C(=O)Nc3cn(CC(C)C)nc3C(N)=O)co2)ccn1. The third-order valence-corrected chi connectivity index (χ3v) is 3.68. The fourth-order valence-corrected chi connectivity index (χ4v) is 2.54. The van der Waals surface area contributed by atoms with E-state index in [1.54, 1.807) is 29.2 Å². The standard InChI is InChI=1S/C18H20N6O3/c1-10(2)7-24-8-13(15(23-24)16(19)25)21-17(26)14-9-27-18(22-14)12-4-5-20-11(3)6-12/h4-6,8-10H,7H2,1-3H3,(H2,19,25)(H,21,26). The number of pyridine rings is 1. The number of carbonyl (C=O) groups excluding carboxylic acids is 2. The number of nitrogens with zero attached hydrogens (tertiary/aromatic N) is 4. The first-order valence-electron chi connectivity index (χ1n) is 8.40. The Morgan fingerprint density at radius 3 is 2.81 bits per heavy atom. The fraction of sp³-hybridized carbons (Fsp3) is 0.278. The molecular weight excluding hydrogens is 348 g/mol. The van der Waals surface area contributed by atoms with Crippen molar-refractivity contribution in [3.05, 3.63) is 47.9 Å². The Balaban J connectivity index is 1.81. The Morgan fingerprint density at radius 2 is 2.15 bits per heavy atom. The van der Waals surface area contributed by atoms with Gasteiger partial charge < -0.3 is 15.5 Å². The van der Waals surface area contributed by atoms with Crippen LogP contribution < -0.4 is 11.1 Å². The maximum atomic E-state index is 12.5. The van der Waals surface area contributed by atoms with E-state index >= 15 is 0 Å². The average molecular weight is 368 g/mol. The highest BCUT2D eigenvalue weighted by molar-refractivity contribution is 6.07. The van der Waals surface area contributed by atoms with Gasteiger partial charge in [-0.2, -0.15) is 5.10 Å². The van der Waals surface area contributed by atoms with Crippen molar-refractivity contribution in [3.8, 4) is 11.5 Å². The van der Waals surface area contributed by atoms with Crippen LogP contribution in [0.25, 0.3) is 11.5 Å². The molecule has 27 heavy (non-hydrogen) atoms. The molecule has 3 aromatic heterocycles. The zero-order chi connectivity index (χ0) is 19.6. The van der Waals surface area contributed by atoms with Crippen LogP contribution in [0, 0.1) is 12.8 Å². The minimum atomic E-state index is -0.721. The molecule has 3 N–H and O–H groups in total. The molecule has 0 radical (unpaired) electrons. The summed E-state index contributed by atoms with van der Waals surface area (Å²) < 4.78 is 6.97. The fourth-order valence-electron chi connectivity index (χ4n) is 2.54. The van der Waals surface area contributed by atoms with Crippen molar-refractivity contribution in [1.82, 2.24) is 19.7 Å². The number of primary amides is 1. The molecule has 3 heterocycles. The van der Waals surface area contributed by atoms with Gasteiger partial charge >= 0.3 is 0 Å². The first-order valence-corrected chi connectivity index (χ1v) is 8.40. The van der Waals surface area contributed by atoms with E-state index in [0.29, 0.717) is 23.9 Å². The Labute approximate surface area is 155 Å². The van der Waals surface area contributed by atoms with Crippen molar-refractivity contribution >= 4 is 17.5 Å². The van der Waals surface area contributed by atoms with Gasteiger partial charge in [0.1, 0.15) is 6.26 Å². The van der Waals surface area contributed by atoms with E-state index < -0.39 is 11.8 Å². The van der Waals surface area contributed by atoms with Crippen LogP contribution in [0.3, 0.4) is 0 Å². The molecule has 3 aromatic rings. The van der Waals surface area contributed by atoms with Crippen LogP contribution in [0.5, 0.6) is 0 Å². The van der Waals surface area contributed by atoms with E-state index in [1.165, 1.54) is 6.26 Å². The van der Waals surface area contributed by atoms with Gasteiger partial charge in [0.05, 0.1) is 5.69 Å². The third kappa shape index (κ3) is 4.20. The molecule has 3 rings (SSSR count). The number of carbonyl (C=O) groups is 2. The topological polar surface area (TPSA) is 129 Å². The largest absolute Gasteiger partial charge is 0.444 e. The van der Waals surface area contributed by atoms with Gasteiger partial charge in [0.2, 0.25) is 5.89 Å². The number of hydrogen-bond donors (Lipinski definition) is 2. The summed E-state index contributed by atoms with van der Waals surface area (Å²) in [6.45, 7) is 6.47. The molecule has 0 fully saturated rings. The van der Waals surface area contributed by atoms with Crippen LogP contribution in [0.1, 0.15) is 40.5 Å². The van der Waals surface area contributed by atoms with Gasteiger partial charge in [0.25, 0.3) is 11.8 Å². The number of amides is 2. The zero-order valence-electron chi connectivity index (χ0n) is 15.3. The first-order chi connectivity index (χ1) is 12.8. The molecule has 140 valence electrons. The highest BCUT2D eigenvalue weighted by atomic mass is 16.3.